The third kappa shape index (κ3) is 3.17. The van der Waals surface area contributed by atoms with Gasteiger partial charge < -0.3 is 10.4 Å². The Labute approximate surface area is 133 Å². The van der Waals surface area contributed by atoms with Gasteiger partial charge >= 0.3 is 6.03 Å². The fourth-order valence-electron chi connectivity index (χ4n) is 2.41. The molecule has 4 N–H and O–H groups in total. The van der Waals surface area contributed by atoms with Gasteiger partial charge in [0.05, 0.1) is 12.1 Å². The molecule has 0 radical (unpaired) electrons. The Balaban J connectivity index is 1.89. The molecule has 0 fully saturated rings. The first-order valence-corrected chi connectivity index (χ1v) is 7.44. The van der Waals surface area contributed by atoms with Crippen LogP contribution in [-0.4, -0.2) is 27.9 Å². The maximum Gasteiger partial charge on any atom is 0.320 e. The molecule has 0 atom stereocenters. The highest BCUT2D eigenvalue weighted by molar-refractivity contribution is 6.00. The zero-order valence-electron chi connectivity index (χ0n) is 12.8. The highest BCUT2D eigenvalue weighted by Gasteiger charge is 2.09. The Kier molecular flexibility index (Phi) is 4.25. The molecule has 1 aromatic heterocycles. The Bertz CT molecular complexity index is 824. The summed E-state index contributed by atoms with van der Waals surface area (Å²) in [5.41, 5.74) is 3.82. The van der Waals surface area contributed by atoms with Gasteiger partial charge in [0.25, 0.3) is 0 Å². The van der Waals surface area contributed by atoms with E-state index in [2.05, 4.69) is 20.8 Å². The topological polar surface area (TPSA) is 90.0 Å². The largest absolute Gasteiger partial charge is 0.392 e. The van der Waals surface area contributed by atoms with Crippen molar-refractivity contribution in [2.45, 2.75) is 13.5 Å². The molecule has 0 aliphatic heterocycles. The molecule has 0 bridgehead atoms. The zero-order chi connectivity index (χ0) is 16.2. The van der Waals surface area contributed by atoms with Crippen LogP contribution in [0, 0.1) is 0 Å². The van der Waals surface area contributed by atoms with Crippen molar-refractivity contribution in [2.24, 2.45) is 0 Å². The van der Waals surface area contributed by atoms with Gasteiger partial charge in [0.1, 0.15) is 0 Å². The lowest BCUT2D eigenvalue weighted by Crippen LogP contribution is -2.28. The number of hydrogen-bond acceptors (Lipinski definition) is 3. The molecule has 2 amide bonds. The molecule has 0 aliphatic rings. The van der Waals surface area contributed by atoms with Crippen molar-refractivity contribution in [1.29, 1.82) is 0 Å². The number of urea groups is 1. The van der Waals surface area contributed by atoms with Crippen molar-refractivity contribution in [3.63, 3.8) is 0 Å². The average molecular weight is 310 g/mol. The minimum absolute atomic E-state index is 0.0364. The zero-order valence-corrected chi connectivity index (χ0v) is 12.8. The Morgan fingerprint density at radius 1 is 1.17 bits per heavy atom. The molecule has 0 saturated carbocycles. The number of hydrogen-bond donors (Lipinski definition) is 4. The standard InChI is InChI=1S/C17H18N4O2/c1-2-18-17(23)19-16-14-8-7-13(9-15(14)20-21-16)12-5-3-11(10-22)4-6-12/h3-9,22H,2,10H2,1H3,(H3,18,19,20,21,23). The number of H-pyrrole nitrogens is 1. The van der Waals surface area contributed by atoms with Crippen LogP contribution in [0.4, 0.5) is 10.6 Å². The van der Waals surface area contributed by atoms with Gasteiger partial charge in [0.2, 0.25) is 0 Å². The normalized spacial score (nSPS) is 10.7. The van der Waals surface area contributed by atoms with Crippen LogP contribution in [0.3, 0.4) is 0 Å². The van der Waals surface area contributed by atoms with E-state index in [1.165, 1.54) is 0 Å². The van der Waals surface area contributed by atoms with Crippen LogP contribution in [0.25, 0.3) is 22.0 Å². The van der Waals surface area contributed by atoms with Gasteiger partial charge in [-0.1, -0.05) is 30.3 Å². The van der Waals surface area contributed by atoms with E-state index < -0.39 is 0 Å². The first kappa shape index (κ1) is 15.1. The summed E-state index contributed by atoms with van der Waals surface area (Å²) >= 11 is 0. The predicted molar refractivity (Wildman–Crippen MR) is 90.1 cm³/mol. The summed E-state index contributed by atoms with van der Waals surface area (Å²) in [6.45, 7) is 2.45. The van der Waals surface area contributed by atoms with Crippen LogP contribution in [0.5, 0.6) is 0 Å². The molecule has 6 heteroatoms. The van der Waals surface area contributed by atoms with Crippen molar-refractivity contribution < 1.29 is 9.90 Å². The molecule has 23 heavy (non-hydrogen) atoms. The van der Waals surface area contributed by atoms with E-state index in [1.807, 2.05) is 49.4 Å². The first-order chi connectivity index (χ1) is 11.2. The Hall–Kier alpha value is -2.86. The number of nitrogens with zero attached hydrogens (tertiary/aromatic N) is 1. The summed E-state index contributed by atoms with van der Waals surface area (Å²) in [6, 6.07) is 13.4. The van der Waals surface area contributed by atoms with E-state index in [4.69, 9.17) is 5.11 Å². The summed E-state index contributed by atoms with van der Waals surface area (Å²) in [7, 11) is 0. The fourth-order valence-corrected chi connectivity index (χ4v) is 2.41. The maximum atomic E-state index is 11.6. The number of fused-ring (bicyclic) bond motifs is 1. The fraction of sp³-hybridized carbons (Fsp3) is 0.176. The molecule has 0 aliphatic carbocycles. The molecule has 3 aromatic rings. The maximum absolute atomic E-state index is 11.6. The van der Waals surface area contributed by atoms with Crippen molar-refractivity contribution in [3.05, 3.63) is 48.0 Å². The number of benzene rings is 2. The molecule has 118 valence electrons. The lowest BCUT2D eigenvalue weighted by Gasteiger charge is -2.05. The SMILES string of the molecule is CCNC(=O)Nc1n[nH]c2cc(-c3ccc(CO)cc3)ccc12. The van der Waals surface area contributed by atoms with Crippen molar-refractivity contribution in [2.75, 3.05) is 11.9 Å². The van der Waals surface area contributed by atoms with Crippen molar-refractivity contribution in [1.82, 2.24) is 15.5 Å². The molecular weight excluding hydrogens is 292 g/mol. The second kappa shape index (κ2) is 6.50. The van der Waals surface area contributed by atoms with E-state index in [-0.39, 0.29) is 12.6 Å². The average Bonchev–Trinajstić information content (AvgIpc) is 2.97. The van der Waals surface area contributed by atoms with Gasteiger partial charge in [0.15, 0.2) is 5.82 Å². The summed E-state index contributed by atoms with van der Waals surface area (Å²) in [5.74, 6) is 0.508. The summed E-state index contributed by atoms with van der Waals surface area (Å²) in [6.07, 6.45) is 0. The number of amides is 2. The molecular formula is C17H18N4O2. The van der Waals surface area contributed by atoms with E-state index in [9.17, 15) is 4.79 Å². The number of aromatic nitrogens is 2. The summed E-state index contributed by atoms with van der Waals surface area (Å²) in [5, 5.41) is 22.4. The molecule has 0 saturated heterocycles. The van der Waals surface area contributed by atoms with E-state index in [1.54, 1.807) is 0 Å². The van der Waals surface area contributed by atoms with Crippen LogP contribution in [0.2, 0.25) is 0 Å². The predicted octanol–water partition coefficient (Wildman–Crippen LogP) is 2.86. The van der Waals surface area contributed by atoms with Gasteiger partial charge in [-0.05, 0) is 35.7 Å². The van der Waals surface area contributed by atoms with Gasteiger partial charge in [-0.2, -0.15) is 5.10 Å². The Morgan fingerprint density at radius 3 is 2.61 bits per heavy atom. The van der Waals surface area contributed by atoms with Crippen LogP contribution in [0.15, 0.2) is 42.5 Å². The van der Waals surface area contributed by atoms with Gasteiger partial charge in [-0.25, -0.2) is 4.79 Å². The van der Waals surface area contributed by atoms with Gasteiger partial charge in [-0.3, -0.25) is 10.4 Å². The smallest absolute Gasteiger partial charge is 0.320 e. The van der Waals surface area contributed by atoms with E-state index in [0.717, 1.165) is 27.6 Å². The van der Waals surface area contributed by atoms with E-state index >= 15 is 0 Å². The second-order valence-electron chi connectivity index (χ2n) is 5.17. The highest BCUT2D eigenvalue weighted by atomic mass is 16.3. The molecule has 1 heterocycles. The van der Waals surface area contributed by atoms with Crippen LogP contribution < -0.4 is 10.6 Å². The van der Waals surface area contributed by atoms with Gasteiger partial charge in [-0.15, -0.1) is 0 Å². The minimum atomic E-state index is -0.274. The summed E-state index contributed by atoms with van der Waals surface area (Å²) < 4.78 is 0. The Morgan fingerprint density at radius 2 is 1.91 bits per heavy atom. The van der Waals surface area contributed by atoms with Crippen LogP contribution in [-0.2, 0) is 6.61 Å². The molecule has 6 nitrogen and oxygen atoms in total. The molecule has 0 spiro atoms. The number of rotatable bonds is 4. The van der Waals surface area contributed by atoms with Gasteiger partial charge in [0, 0.05) is 11.9 Å². The lowest BCUT2D eigenvalue weighted by atomic mass is 10.0. The third-order valence-corrected chi connectivity index (χ3v) is 3.60. The molecule has 0 unspecified atom stereocenters. The second-order valence-corrected chi connectivity index (χ2v) is 5.17. The number of aliphatic hydroxyl groups excluding tert-OH is 1. The number of nitrogens with one attached hydrogen (secondary N) is 3. The quantitative estimate of drug-likeness (QED) is 0.597. The van der Waals surface area contributed by atoms with Crippen molar-refractivity contribution in [3.8, 4) is 11.1 Å². The van der Waals surface area contributed by atoms with Crippen LogP contribution in [0.1, 0.15) is 12.5 Å². The number of carbonyl (C=O) groups is 1. The lowest BCUT2D eigenvalue weighted by molar-refractivity contribution is 0.252. The minimum Gasteiger partial charge on any atom is -0.392 e. The summed E-state index contributed by atoms with van der Waals surface area (Å²) in [4.78, 5) is 11.6. The number of carbonyl (C=O) groups excluding carboxylic acids is 1. The third-order valence-electron chi connectivity index (χ3n) is 3.60. The molecule has 3 rings (SSSR count). The number of anilines is 1. The monoisotopic (exact) mass is 310 g/mol. The first-order valence-electron chi connectivity index (χ1n) is 7.44. The number of aromatic amines is 1. The van der Waals surface area contributed by atoms with Crippen molar-refractivity contribution >= 4 is 22.8 Å². The van der Waals surface area contributed by atoms with E-state index in [0.29, 0.717) is 12.4 Å². The number of aliphatic hydroxyl groups is 1. The highest BCUT2D eigenvalue weighted by Crippen LogP contribution is 2.27. The van der Waals surface area contributed by atoms with Crippen LogP contribution >= 0.6 is 0 Å². The molecule has 2 aromatic carbocycles.